The van der Waals surface area contributed by atoms with E-state index in [0.717, 1.165) is 24.0 Å². The predicted octanol–water partition coefficient (Wildman–Crippen LogP) is 1.27. The van der Waals surface area contributed by atoms with E-state index in [1.807, 2.05) is 5.38 Å². The smallest absolute Gasteiger partial charge is 0.309 e. The normalized spacial score (nSPS) is 15.5. The van der Waals surface area contributed by atoms with E-state index >= 15 is 0 Å². The summed E-state index contributed by atoms with van der Waals surface area (Å²) in [5, 5.41) is 14.7. The molecule has 1 fully saturated rings. The van der Waals surface area contributed by atoms with Crippen LogP contribution in [0.3, 0.4) is 0 Å². The lowest BCUT2D eigenvalue weighted by molar-refractivity contribution is -0.136. The highest BCUT2D eigenvalue weighted by Crippen LogP contribution is 2.27. The number of nitrogens with zero attached hydrogens (tertiary/aromatic N) is 1. The summed E-state index contributed by atoms with van der Waals surface area (Å²) in [4.78, 5) is 14.7. The van der Waals surface area contributed by atoms with Crippen molar-refractivity contribution in [1.82, 2.24) is 10.3 Å². The van der Waals surface area contributed by atoms with Gasteiger partial charge in [-0.2, -0.15) is 0 Å². The first-order valence-electron chi connectivity index (χ1n) is 5.10. The van der Waals surface area contributed by atoms with Gasteiger partial charge in [-0.1, -0.05) is 0 Å². The summed E-state index contributed by atoms with van der Waals surface area (Å²) in [6.45, 7) is 1.83. The van der Waals surface area contributed by atoms with E-state index in [1.54, 1.807) is 0 Å². The number of nitrogens with one attached hydrogen (secondary N) is 1. The predicted molar refractivity (Wildman–Crippen MR) is 57.9 cm³/mol. The number of aliphatic carboxylic acids is 1. The summed E-state index contributed by atoms with van der Waals surface area (Å²) in [7, 11) is 0. The molecule has 82 valence electrons. The third-order valence-corrected chi connectivity index (χ3v) is 3.24. The summed E-state index contributed by atoms with van der Waals surface area (Å²) in [5.74, 6) is 0.0428. The van der Waals surface area contributed by atoms with Gasteiger partial charge in [0, 0.05) is 11.9 Å². The molecule has 0 saturated heterocycles. The van der Waals surface area contributed by atoms with Crippen LogP contribution in [0.5, 0.6) is 0 Å². The Morgan fingerprint density at radius 1 is 1.67 bits per heavy atom. The number of hydrogen-bond acceptors (Lipinski definition) is 4. The fourth-order valence-corrected chi connectivity index (χ4v) is 2.13. The first-order valence-corrected chi connectivity index (χ1v) is 5.98. The second-order valence-electron chi connectivity index (χ2n) is 3.88. The maximum absolute atomic E-state index is 10.4. The molecule has 1 aliphatic rings. The van der Waals surface area contributed by atoms with E-state index in [4.69, 9.17) is 5.11 Å². The average molecular weight is 226 g/mol. The molecule has 0 unspecified atom stereocenters. The monoisotopic (exact) mass is 226 g/mol. The lowest BCUT2D eigenvalue weighted by atomic mass is 10.3. The third-order valence-electron chi connectivity index (χ3n) is 2.34. The lowest BCUT2D eigenvalue weighted by Gasteiger charge is -1.98. The second-order valence-corrected chi connectivity index (χ2v) is 4.82. The molecule has 0 aliphatic heterocycles. The number of carboxylic acid groups (broad SMARTS) is 1. The molecule has 1 heterocycles. The van der Waals surface area contributed by atoms with Crippen molar-refractivity contribution in [3.63, 3.8) is 0 Å². The average Bonchev–Trinajstić information content (AvgIpc) is 2.88. The van der Waals surface area contributed by atoms with Crippen LogP contribution in [-0.2, 0) is 17.8 Å². The van der Waals surface area contributed by atoms with Crippen LogP contribution in [0.2, 0.25) is 0 Å². The summed E-state index contributed by atoms with van der Waals surface area (Å²) >= 11 is 1.53. The van der Waals surface area contributed by atoms with Crippen LogP contribution in [0.25, 0.3) is 0 Å². The van der Waals surface area contributed by atoms with Crippen molar-refractivity contribution in [2.75, 3.05) is 6.54 Å². The van der Waals surface area contributed by atoms with E-state index in [-0.39, 0.29) is 6.42 Å². The minimum Gasteiger partial charge on any atom is -0.481 e. The Kier molecular flexibility index (Phi) is 3.33. The van der Waals surface area contributed by atoms with Gasteiger partial charge in [-0.25, -0.2) is 4.98 Å². The first-order chi connectivity index (χ1) is 7.24. The van der Waals surface area contributed by atoms with Crippen LogP contribution in [0.15, 0.2) is 5.38 Å². The van der Waals surface area contributed by atoms with E-state index in [9.17, 15) is 4.79 Å². The van der Waals surface area contributed by atoms with Crippen molar-refractivity contribution in [2.45, 2.75) is 25.8 Å². The summed E-state index contributed by atoms with van der Waals surface area (Å²) in [5.41, 5.74) is 0.663. The minimum absolute atomic E-state index is 0.0269. The van der Waals surface area contributed by atoms with Crippen LogP contribution in [0.4, 0.5) is 0 Å². The molecule has 2 N–H and O–H groups in total. The Labute approximate surface area is 92.3 Å². The van der Waals surface area contributed by atoms with Gasteiger partial charge in [0.05, 0.1) is 12.1 Å². The summed E-state index contributed by atoms with van der Waals surface area (Å²) in [6.07, 6.45) is 2.71. The Morgan fingerprint density at radius 3 is 3.13 bits per heavy atom. The molecule has 0 amide bonds. The number of carbonyl (C=O) groups is 1. The lowest BCUT2D eigenvalue weighted by Crippen LogP contribution is -2.16. The van der Waals surface area contributed by atoms with Crippen LogP contribution >= 0.6 is 11.3 Å². The zero-order valence-electron chi connectivity index (χ0n) is 8.40. The maximum Gasteiger partial charge on any atom is 0.309 e. The van der Waals surface area contributed by atoms with E-state index in [1.165, 1.54) is 24.2 Å². The van der Waals surface area contributed by atoms with Gasteiger partial charge in [-0.15, -0.1) is 11.3 Å². The minimum atomic E-state index is -0.821. The Morgan fingerprint density at radius 2 is 2.47 bits per heavy atom. The molecule has 4 nitrogen and oxygen atoms in total. The van der Waals surface area contributed by atoms with Gasteiger partial charge in [-0.3, -0.25) is 4.79 Å². The van der Waals surface area contributed by atoms with Crippen molar-refractivity contribution in [3.8, 4) is 0 Å². The highest BCUT2D eigenvalue weighted by atomic mass is 32.1. The van der Waals surface area contributed by atoms with E-state index < -0.39 is 5.97 Å². The number of thiazole rings is 1. The van der Waals surface area contributed by atoms with Gasteiger partial charge in [0.2, 0.25) is 0 Å². The molecule has 1 saturated carbocycles. The molecule has 1 aromatic heterocycles. The van der Waals surface area contributed by atoms with Gasteiger partial charge in [0.25, 0.3) is 0 Å². The highest BCUT2D eigenvalue weighted by Gasteiger charge is 2.20. The second kappa shape index (κ2) is 4.72. The molecule has 1 aromatic rings. The standard InChI is InChI=1S/C10H14N2O2S/c13-10(14)3-8-6-15-9(12-8)5-11-4-7-1-2-7/h6-7,11H,1-5H2,(H,13,14). The molecule has 0 aromatic carbocycles. The fourth-order valence-electron chi connectivity index (χ4n) is 1.37. The Balaban J connectivity index is 1.75. The number of hydrogen-bond donors (Lipinski definition) is 2. The van der Waals surface area contributed by atoms with Crippen molar-refractivity contribution in [3.05, 3.63) is 16.1 Å². The zero-order valence-corrected chi connectivity index (χ0v) is 9.22. The molecule has 0 spiro atoms. The SMILES string of the molecule is O=C(O)Cc1csc(CNCC2CC2)n1. The topological polar surface area (TPSA) is 62.2 Å². The highest BCUT2D eigenvalue weighted by molar-refractivity contribution is 7.09. The quantitative estimate of drug-likeness (QED) is 0.766. The van der Waals surface area contributed by atoms with Gasteiger partial charge >= 0.3 is 5.97 Å². The molecule has 2 rings (SSSR count). The fraction of sp³-hybridized carbons (Fsp3) is 0.600. The van der Waals surface area contributed by atoms with Crippen LogP contribution in [0.1, 0.15) is 23.5 Å². The van der Waals surface area contributed by atoms with Gasteiger partial charge in [0.1, 0.15) is 5.01 Å². The molecule has 15 heavy (non-hydrogen) atoms. The molecule has 0 radical (unpaired) electrons. The zero-order chi connectivity index (χ0) is 10.7. The number of rotatable bonds is 6. The van der Waals surface area contributed by atoms with Crippen LogP contribution in [0, 0.1) is 5.92 Å². The molecular weight excluding hydrogens is 212 g/mol. The third kappa shape index (κ3) is 3.60. The molecule has 5 heteroatoms. The molecule has 0 atom stereocenters. The largest absolute Gasteiger partial charge is 0.481 e. The van der Waals surface area contributed by atoms with Crippen LogP contribution < -0.4 is 5.32 Å². The van der Waals surface area contributed by atoms with E-state index in [2.05, 4.69) is 10.3 Å². The van der Waals surface area contributed by atoms with Crippen molar-refractivity contribution in [1.29, 1.82) is 0 Å². The first kappa shape index (κ1) is 10.6. The van der Waals surface area contributed by atoms with Gasteiger partial charge in [0.15, 0.2) is 0 Å². The van der Waals surface area contributed by atoms with Gasteiger partial charge < -0.3 is 10.4 Å². The van der Waals surface area contributed by atoms with Gasteiger partial charge in [-0.05, 0) is 25.3 Å². The molecule has 0 bridgehead atoms. The number of aromatic nitrogens is 1. The number of carboxylic acids is 1. The molecular formula is C10H14N2O2S. The van der Waals surface area contributed by atoms with Crippen LogP contribution in [-0.4, -0.2) is 22.6 Å². The molecule has 1 aliphatic carbocycles. The maximum atomic E-state index is 10.4. The summed E-state index contributed by atoms with van der Waals surface area (Å²) in [6, 6.07) is 0. The van der Waals surface area contributed by atoms with E-state index in [0.29, 0.717) is 5.69 Å². The van der Waals surface area contributed by atoms with Crippen molar-refractivity contribution >= 4 is 17.3 Å². The van der Waals surface area contributed by atoms with Crippen molar-refractivity contribution in [2.24, 2.45) is 5.92 Å². The Bertz CT molecular complexity index is 347. The Hall–Kier alpha value is -0.940. The summed E-state index contributed by atoms with van der Waals surface area (Å²) < 4.78 is 0. The van der Waals surface area contributed by atoms with Crippen molar-refractivity contribution < 1.29 is 9.90 Å².